The van der Waals surface area contributed by atoms with Gasteiger partial charge in [-0.15, -0.1) is 0 Å². The fourth-order valence-electron chi connectivity index (χ4n) is 1.39. The summed E-state index contributed by atoms with van der Waals surface area (Å²) < 4.78 is 36.0. The summed E-state index contributed by atoms with van der Waals surface area (Å²) in [6, 6.07) is -2.13. The molecule has 1 unspecified atom stereocenters. The molecule has 1 aliphatic carbocycles. The molecule has 0 bridgehead atoms. The smallest absolute Gasteiger partial charge is 0.406 e. The largest absolute Gasteiger partial charge is 0.480 e. The van der Waals surface area contributed by atoms with Crippen LogP contribution in [0.1, 0.15) is 12.8 Å². The molecule has 0 radical (unpaired) electrons. The molecule has 8 heteroatoms. The number of alkyl halides is 3. The Kier molecular flexibility index (Phi) is 3.84. The van der Waals surface area contributed by atoms with E-state index in [9.17, 15) is 22.8 Å². The van der Waals surface area contributed by atoms with E-state index in [2.05, 4.69) is 5.32 Å². The summed E-state index contributed by atoms with van der Waals surface area (Å²) in [5.41, 5.74) is 0. The summed E-state index contributed by atoms with van der Waals surface area (Å²) in [4.78, 5) is 22.5. The van der Waals surface area contributed by atoms with E-state index in [0.29, 0.717) is 17.7 Å². The van der Waals surface area contributed by atoms with Gasteiger partial charge in [0.05, 0.1) is 0 Å². The molecule has 0 spiro atoms. The third-order valence-corrected chi connectivity index (χ3v) is 2.40. The van der Waals surface area contributed by atoms with E-state index in [0.717, 1.165) is 7.05 Å². The van der Waals surface area contributed by atoms with Crippen LogP contribution in [0.15, 0.2) is 0 Å². The molecular formula is C9H13F3N2O3. The monoisotopic (exact) mass is 254 g/mol. The summed E-state index contributed by atoms with van der Waals surface area (Å²) in [7, 11) is 0.967. The standard InChI is InChI=1S/C9H13F3N2O3/c1-14(4-9(10,11)12)8(17)13-6(7(15)16)5-2-3-5/h5-6H,2-4H2,1H3,(H,13,17)(H,15,16). The van der Waals surface area contributed by atoms with Crippen LogP contribution in [-0.2, 0) is 4.79 Å². The van der Waals surface area contributed by atoms with E-state index in [1.165, 1.54) is 0 Å². The van der Waals surface area contributed by atoms with Gasteiger partial charge in [0.15, 0.2) is 0 Å². The SMILES string of the molecule is CN(CC(F)(F)F)C(=O)NC(C(=O)O)C1CC1. The number of carboxylic acids is 1. The summed E-state index contributed by atoms with van der Waals surface area (Å²) >= 11 is 0. The molecule has 5 nitrogen and oxygen atoms in total. The maximum absolute atomic E-state index is 12.0. The highest BCUT2D eigenvalue weighted by atomic mass is 19.4. The van der Waals surface area contributed by atoms with Crippen molar-refractivity contribution in [3.63, 3.8) is 0 Å². The first-order valence-electron chi connectivity index (χ1n) is 5.02. The minimum Gasteiger partial charge on any atom is -0.480 e. The average Bonchev–Trinajstić information content (AvgIpc) is 2.93. The van der Waals surface area contributed by atoms with Crippen LogP contribution >= 0.6 is 0 Å². The number of carbonyl (C=O) groups is 2. The number of carbonyl (C=O) groups excluding carboxylic acids is 1. The van der Waals surface area contributed by atoms with Crippen LogP contribution in [0, 0.1) is 5.92 Å². The third-order valence-electron chi connectivity index (χ3n) is 2.40. The first kappa shape index (κ1) is 13.6. The van der Waals surface area contributed by atoms with E-state index in [1.54, 1.807) is 0 Å². The van der Waals surface area contributed by atoms with Crippen molar-refractivity contribution < 1.29 is 27.9 Å². The van der Waals surface area contributed by atoms with E-state index in [1.807, 2.05) is 0 Å². The fraction of sp³-hybridized carbons (Fsp3) is 0.778. The van der Waals surface area contributed by atoms with Crippen LogP contribution in [0.4, 0.5) is 18.0 Å². The van der Waals surface area contributed by atoms with E-state index >= 15 is 0 Å². The van der Waals surface area contributed by atoms with Crippen molar-refractivity contribution in [3.05, 3.63) is 0 Å². The molecular weight excluding hydrogens is 241 g/mol. The normalized spacial score (nSPS) is 17.4. The quantitative estimate of drug-likeness (QED) is 0.788. The van der Waals surface area contributed by atoms with Crippen molar-refractivity contribution in [1.29, 1.82) is 0 Å². The van der Waals surface area contributed by atoms with Crippen molar-refractivity contribution in [2.45, 2.75) is 25.1 Å². The number of nitrogens with one attached hydrogen (secondary N) is 1. The molecule has 2 amide bonds. The number of hydrogen-bond donors (Lipinski definition) is 2. The molecule has 98 valence electrons. The predicted octanol–water partition coefficient (Wildman–Crippen LogP) is 1.05. The molecule has 1 fully saturated rings. The minimum atomic E-state index is -4.50. The number of urea groups is 1. The summed E-state index contributed by atoms with van der Waals surface area (Å²) in [5, 5.41) is 10.9. The van der Waals surface area contributed by atoms with Gasteiger partial charge in [0, 0.05) is 7.05 Å². The number of rotatable bonds is 4. The maximum Gasteiger partial charge on any atom is 0.406 e. The Hall–Kier alpha value is -1.47. The molecule has 0 heterocycles. The first-order chi connectivity index (χ1) is 7.70. The Morgan fingerprint density at radius 3 is 2.35 bits per heavy atom. The third kappa shape index (κ3) is 4.49. The predicted molar refractivity (Wildman–Crippen MR) is 51.4 cm³/mol. The molecule has 2 N–H and O–H groups in total. The second kappa shape index (κ2) is 4.80. The lowest BCUT2D eigenvalue weighted by Crippen LogP contribution is -2.49. The zero-order chi connectivity index (χ0) is 13.2. The summed E-state index contributed by atoms with van der Waals surface area (Å²) in [6.45, 7) is -1.41. The van der Waals surface area contributed by atoms with E-state index in [-0.39, 0.29) is 5.92 Å². The van der Waals surface area contributed by atoms with Gasteiger partial charge in [-0.05, 0) is 18.8 Å². The van der Waals surface area contributed by atoms with Crippen molar-refractivity contribution in [1.82, 2.24) is 10.2 Å². The lowest BCUT2D eigenvalue weighted by atomic mass is 10.2. The fourth-order valence-corrected chi connectivity index (χ4v) is 1.39. The second-order valence-corrected chi connectivity index (χ2v) is 4.07. The molecule has 1 atom stereocenters. The van der Waals surface area contributed by atoms with Gasteiger partial charge >= 0.3 is 18.2 Å². The molecule has 0 saturated heterocycles. The highest BCUT2D eigenvalue weighted by Crippen LogP contribution is 2.32. The molecule has 0 aromatic heterocycles. The van der Waals surface area contributed by atoms with Crippen LogP contribution in [0.2, 0.25) is 0 Å². The van der Waals surface area contributed by atoms with Crippen LogP contribution in [0.3, 0.4) is 0 Å². The van der Waals surface area contributed by atoms with Gasteiger partial charge in [-0.2, -0.15) is 13.2 Å². The second-order valence-electron chi connectivity index (χ2n) is 4.07. The Balaban J connectivity index is 2.49. The van der Waals surface area contributed by atoms with Crippen LogP contribution in [0.5, 0.6) is 0 Å². The number of amides is 2. The van der Waals surface area contributed by atoms with E-state index in [4.69, 9.17) is 5.11 Å². The number of halogens is 3. The van der Waals surface area contributed by atoms with Gasteiger partial charge < -0.3 is 15.3 Å². The number of hydrogen-bond acceptors (Lipinski definition) is 2. The molecule has 1 rings (SSSR count). The summed E-state index contributed by atoms with van der Waals surface area (Å²) in [5.74, 6) is -1.39. The Labute approximate surface area is 95.6 Å². The van der Waals surface area contributed by atoms with Gasteiger partial charge in [0.2, 0.25) is 0 Å². The molecule has 0 aliphatic heterocycles. The molecule has 0 aromatic carbocycles. The van der Waals surface area contributed by atoms with Gasteiger partial charge in [-0.1, -0.05) is 0 Å². The Morgan fingerprint density at radius 2 is 2.00 bits per heavy atom. The van der Waals surface area contributed by atoms with Crippen LogP contribution in [-0.4, -0.2) is 47.8 Å². The van der Waals surface area contributed by atoms with Crippen LogP contribution < -0.4 is 5.32 Å². The van der Waals surface area contributed by atoms with Gasteiger partial charge in [-0.25, -0.2) is 9.59 Å². The highest BCUT2D eigenvalue weighted by molar-refractivity contribution is 5.83. The lowest BCUT2D eigenvalue weighted by Gasteiger charge is -2.22. The van der Waals surface area contributed by atoms with E-state index < -0.39 is 30.8 Å². The number of carboxylic acid groups (broad SMARTS) is 1. The van der Waals surface area contributed by atoms with Crippen molar-refractivity contribution in [2.24, 2.45) is 5.92 Å². The van der Waals surface area contributed by atoms with Gasteiger partial charge in [-0.3, -0.25) is 0 Å². The maximum atomic E-state index is 12.0. The minimum absolute atomic E-state index is 0.171. The first-order valence-corrected chi connectivity index (χ1v) is 5.02. The lowest BCUT2D eigenvalue weighted by molar-refractivity contribution is -0.140. The van der Waals surface area contributed by atoms with Crippen molar-refractivity contribution in [3.8, 4) is 0 Å². The van der Waals surface area contributed by atoms with Crippen LogP contribution in [0.25, 0.3) is 0 Å². The zero-order valence-corrected chi connectivity index (χ0v) is 9.12. The van der Waals surface area contributed by atoms with Gasteiger partial charge in [0.1, 0.15) is 12.6 Å². The van der Waals surface area contributed by atoms with Crippen molar-refractivity contribution >= 4 is 12.0 Å². The number of aliphatic carboxylic acids is 1. The Bertz CT molecular complexity index is 315. The average molecular weight is 254 g/mol. The van der Waals surface area contributed by atoms with Crippen molar-refractivity contribution in [2.75, 3.05) is 13.6 Å². The Morgan fingerprint density at radius 1 is 1.47 bits per heavy atom. The zero-order valence-electron chi connectivity index (χ0n) is 9.12. The molecule has 17 heavy (non-hydrogen) atoms. The molecule has 1 aliphatic rings. The highest BCUT2D eigenvalue weighted by Gasteiger charge is 2.39. The van der Waals surface area contributed by atoms with Gasteiger partial charge in [0.25, 0.3) is 0 Å². The number of nitrogens with zero attached hydrogens (tertiary/aromatic N) is 1. The molecule has 0 aromatic rings. The molecule has 1 saturated carbocycles. The summed E-state index contributed by atoms with van der Waals surface area (Å²) in [6.07, 6.45) is -3.16. The topological polar surface area (TPSA) is 69.6 Å².